The van der Waals surface area contributed by atoms with Crippen LogP contribution in [0.3, 0.4) is 0 Å². The van der Waals surface area contributed by atoms with E-state index in [2.05, 4.69) is 34.7 Å². The molecule has 0 saturated carbocycles. The van der Waals surface area contributed by atoms with Crippen molar-refractivity contribution in [3.63, 3.8) is 0 Å². The Morgan fingerprint density at radius 1 is 1.17 bits per heavy atom. The second-order valence-corrected chi connectivity index (χ2v) is 5.64. The van der Waals surface area contributed by atoms with Crippen molar-refractivity contribution >= 4 is 19.4 Å². The zero-order valence-electron chi connectivity index (χ0n) is 10.6. The van der Waals surface area contributed by atoms with E-state index in [-0.39, 0.29) is 21.1 Å². The topological polar surface area (TPSA) is 20.2 Å². The summed E-state index contributed by atoms with van der Waals surface area (Å²) in [7, 11) is 0. The molecule has 0 spiro atoms. The summed E-state index contributed by atoms with van der Waals surface area (Å²) >= 11 is 0.197. The van der Waals surface area contributed by atoms with E-state index >= 15 is 0 Å². The molecule has 0 aliphatic heterocycles. The van der Waals surface area contributed by atoms with Gasteiger partial charge in [-0.2, -0.15) is 0 Å². The van der Waals surface area contributed by atoms with Gasteiger partial charge in [0.15, 0.2) is 0 Å². The van der Waals surface area contributed by atoms with Gasteiger partial charge in [-0.25, -0.2) is 0 Å². The predicted octanol–water partition coefficient (Wildman–Crippen LogP) is 1.92. The van der Waals surface area contributed by atoms with Crippen molar-refractivity contribution in [2.45, 2.75) is 38.7 Å². The molecule has 0 aliphatic rings. The first kappa shape index (κ1) is 14.9. The van der Waals surface area contributed by atoms with Crippen molar-refractivity contribution in [2.24, 2.45) is 0 Å². The first-order valence-electron chi connectivity index (χ1n) is 6.16. The molecule has 0 amide bonds. The number of rotatable bonds is 4. The normalized spacial score (nSPS) is 10.8. The Hall–Kier alpha value is -1.18. The number of hydrogen-bond acceptors (Lipinski definition) is 1. The quantitative estimate of drug-likeness (QED) is 0.666. The van der Waals surface area contributed by atoms with Gasteiger partial charge in [0.2, 0.25) is 0 Å². The molecule has 0 bridgehead atoms. The molecule has 2 heteroatoms. The molecule has 1 N–H and O–H groups in total. The summed E-state index contributed by atoms with van der Waals surface area (Å²) in [4.78, 5) is 3.15. The molecule has 1 atom stereocenters. The van der Waals surface area contributed by atoms with Gasteiger partial charge in [-0.05, 0) is 0 Å². The average Bonchev–Trinajstić information content (AvgIpc) is 2.41. The van der Waals surface area contributed by atoms with Crippen LogP contribution in [-0.4, -0.2) is 26.2 Å². The van der Waals surface area contributed by atoms with E-state index in [1.165, 1.54) is 4.46 Å². The van der Waals surface area contributed by atoms with E-state index in [4.69, 9.17) is 0 Å². The molecule has 94 valence electrons. The Morgan fingerprint density at radius 2 is 1.94 bits per heavy atom. The third kappa shape index (κ3) is 7.20. The first-order valence-corrected chi connectivity index (χ1v) is 7.87. The fourth-order valence-corrected chi connectivity index (χ4v) is 2.49. The van der Waals surface area contributed by atoms with Crippen molar-refractivity contribution in [3.8, 4) is 22.6 Å². The Balaban J connectivity index is 2.20. The van der Waals surface area contributed by atoms with Gasteiger partial charge in [0.1, 0.15) is 0 Å². The standard InChI is InChI=1S/C16H18OSe/c1-2-3-4-6-10-15(17)11-9-14-18-16-12-7-5-8-13-16/h5,7-8,12-13,15,17H,2,6,10-11H2,1H3. The first-order chi connectivity index (χ1) is 8.83. The summed E-state index contributed by atoms with van der Waals surface area (Å²) < 4.78 is 1.28. The van der Waals surface area contributed by atoms with Crippen LogP contribution in [0.2, 0.25) is 0 Å². The zero-order chi connectivity index (χ0) is 13.1. The Kier molecular flexibility index (Phi) is 8.11. The fourth-order valence-electron chi connectivity index (χ4n) is 1.30. The SMILES string of the molecule is CCC#CCCC(O)CC#C[Se]c1ccccc1. The molecule has 0 heterocycles. The number of benzene rings is 1. The van der Waals surface area contributed by atoms with Gasteiger partial charge < -0.3 is 0 Å². The molecule has 1 unspecified atom stereocenters. The van der Waals surface area contributed by atoms with Crippen LogP contribution in [0.4, 0.5) is 0 Å². The van der Waals surface area contributed by atoms with E-state index in [1.54, 1.807) is 0 Å². The van der Waals surface area contributed by atoms with Crippen molar-refractivity contribution in [1.29, 1.82) is 0 Å². The van der Waals surface area contributed by atoms with Crippen LogP contribution < -0.4 is 4.46 Å². The summed E-state index contributed by atoms with van der Waals surface area (Å²) in [6.45, 7) is 2.03. The van der Waals surface area contributed by atoms with Crippen LogP contribution in [0.1, 0.15) is 32.6 Å². The van der Waals surface area contributed by atoms with Crippen LogP contribution in [0.25, 0.3) is 0 Å². The minimum atomic E-state index is -0.338. The third-order valence-corrected chi connectivity index (χ3v) is 3.81. The molecule has 1 aromatic carbocycles. The molecule has 1 nitrogen and oxygen atoms in total. The van der Waals surface area contributed by atoms with Crippen molar-refractivity contribution in [3.05, 3.63) is 30.3 Å². The molecule has 0 radical (unpaired) electrons. The van der Waals surface area contributed by atoms with Crippen LogP contribution in [0.5, 0.6) is 0 Å². The van der Waals surface area contributed by atoms with Crippen molar-refractivity contribution in [1.82, 2.24) is 0 Å². The van der Waals surface area contributed by atoms with Gasteiger partial charge in [-0.15, -0.1) is 0 Å². The molecule has 1 aromatic rings. The van der Waals surface area contributed by atoms with Crippen molar-refractivity contribution < 1.29 is 5.11 Å². The van der Waals surface area contributed by atoms with Crippen LogP contribution in [-0.2, 0) is 0 Å². The monoisotopic (exact) mass is 306 g/mol. The molecule has 18 heavy (non-hydrogen) atoms. The summed E-state index contributed by atoms with van der Waals surface area (Å²) in [6.07, 6.45) is 2.59. The Labute approximate surface area is 116 Å². The van der Waals surface area contributed by atoms with Gasteiger partial charge in [0.25, 0.3) is 0 Å². The minimum absolute atomic E-state index is 0.197. The number of aliphatic hydroxyl groups excluding tert-OH is 1. The Bertz CT molecular complexity index is 445. The second-order valence-electron chi connectivity index (χ2n) is 3.80. The molecule has 0 saturated heterocycles. The average molecular weight is 305 g/mol. The van der Waals surface area contributed by atoms with E-state index in [1.807, 2.05) is 25.1 Å². The van der Waals surface area contributed by atoms with Gasteiger partial charge >= 0.3 is 116 Å². The van der Waals surface area contributed by atoms with E-state index in [9.17, 15) is 5.11 Å². The fraction of sp³-hybridized carbons (Fsp3) is 0.375. The van der Waals surface area contributed by atoms with Gasteiger partial charge in [0.05, 0.1) is 0 Å². The van der Waals surface area contributed by atoms with Crippen molar-refractivity contribution in [2.75, 3.05) is 0 Å². The number of aliphatic hydroxyl groups is 1. The molecular weight excluding hydrogens is 287 g/mol. The third-order valence-electron chi connectivity index (χ3n) is 2.23. The molecular formula is C16H18OSe. The molecule has 0 fully saturated rings. The van der Waals surface area contributed by atoms with Gasteiger partial charge in [-0.1, -0.05) is 0 Å². The second kappa shape index (κ2) is 9.81. The van der Waals surface area contributed by atoms with E-state index in [0.717, 1.165) is 19.3 Å². The van der Waals surface area contributed by atoms with Crippen LogP contribution >= 0.6 is 0 Å². The van der Waals surface area contributed by atoms with Gasteiger partial charge in [-0.3, -0.25) is 0 Å². The summed E-state index contributed by atoms with van der Waals surface area (Å²) in [6, 6.07) is 10.2. The predicted molar refractivity (Wildman–Crippen MR) is 77.5 cm³/mol. The Morgan fingerprint density at radius 3 is 2.67 bits per heavy atom. The number of hydrogen-bond donors (Lipinski definition) is 1. The molecule has 1 rings (SSSR count). The molecule has 0 aliphatic carbocycles. The molecule has 0 aromatic heterocycles. The van der Waals surface area contributed by atoms with Gasteiger partial charge in [0, 0.05) is 0 Å². The maximum atomic E-state index is 9.68. The summed E-state index contributed by atoms with van der Waals surface area (Å²) in [5.74, 6) is 9.08. The zero-order valence-corrected chi connectivity index (χ0v) is 12.4. The maximum absolute atomic E-state index is 9.68. The summed E-state index contributed by atoms with van der Waals surface area (Å²) in [5.41, 5.74) is 0. The van der Waals surface area contributed by atoms with E-state index in [0.29, 0.717) is 6.42 Å². The van der Waals surface area contributed by atoms with Crippen LogP contribution in [0, 0.1) is 22.6 Å². The van der Waals surface area contributed by atoms with E-state index < -0.39 is 0 Å². The van der Waals surface area contributed by atoms with Crippen LogP contribution in [0.15, 0.2) is 30.3 Å². The summed E-state index contributed by atoms with van der Waals surface area (Å²) in [5, 5.41) is 9.68.